The minimum absolute atomic E-state index is 0.264. The summed E-state index contributed by atoms with van der Waals surface area (Å²) >= 11 is 0. The molecule has 0 saturated heterocycles. The molecule has 7 N–H and O–H groups in total. The first-order chi connectivity index (χ1) is 69.1. The Balaban J connectivity index is 0.000000217. The van der Waals surface area contributed by atoms with Gasteiger partial charge in [-0.15, -0.1) is 13.2 Å². The lowest BCUT2D eigenvalue weighted by Gasteiger charge is -2.23. The summed E-state index contributed by atoms with van der Waals surface area (Å²) in [5.41, 5.74) is 7.48. The molecule has 0 fully saturated rings. The molecule has 770 valence electrons. The van der Waals surface area contributed by atoms with Crippen LogP contribution >= 0.6 is 0 Å². The molecule has 8 heterocycles. The Morgan fingerprint density at radius 2 is 0.910 bits per heavy atom. The summed E-state index contributed by atoms with van der Waals surface area (Å²) in [6, 6.07) is 37.8. The van der Waals surface area contributed by atoms with Gasteiger partial charge in [0, 0.05) is 115 Å². The van der Waals surface area contributed by atoms with Gasteiger partial charge in [-0.2, -0.15) is 36.0 Å². The number of hydroxylamine groups is 6. The van der Waals surface area contributed by atoms with Crippen molar-refractivity contribution in [2.75, 3.05) is 75.5 Å². The molecule has 1 unspecified atom stereocenters. The van der Waals surface area contributed by atoms with Crippen molar-refractivity contribution in [2.24, 2.45) is 35.2 Å². The summed E-state index contributed by atoms with van der Waals surface area (Å²) in [6.45, 7) is 17.3. The number of aliphatic hydroxyl groups is 2. The number of nitrogens with one attached hydrogen (secondary N) is 5. The number of rotatable bonds is 26. The average molecular weight is 1980 g/mol. The molecule has 0 aliphatic carbocycles. The zero-order valence-corrected chi connectivity index (χ0v) is 84.9. The smallest absolute Gasteiger partial charge is 0.268 e. The summed E-state index contributed by atoms with van der Waals surface area (Å²) in [5.74, 6) is 0.968. The van der Waals surface area contributed by atoms with Gasteiger partial charge in [0.2, 0.25) is 0 Å². The maximum atomic E-state index is 13.0. The number of fused-ring (bicyclic) bond motifs is 12. The first-order valence-electron chi connectivity index (χ1n) is 47.8. The number of aldehydes is 1. The first-order valence-corrected chi connectivity index (χ1v) is 47.8. The number of unbranched alkanes of at least 4 members (excludes halogenated alkanes) is 1. The standard InChI is InChI=1S/C22H32N4O4.C22H28N4O4.C20H26N4O4.C19H22N4O3.C18H21N3O3.C4H7NO/c2*1-6-8-13-30-17-12-9-11-16(14-17)20-18(15-25(3)24-20)21(27)23-19(10-7-2)22(28)26(4)29-5;1-23-13-16-18(22-23)14-8-7-9-15(12-14)28-11-6-4-5-10-17(21-19(16)25)20(26)24(2)27-3;1-23-12-15-18(22-23)13-6-5-7-14(10-13)26-9-4-2-3-8-16(17(24)11-20)21-19(15)25;1-21-11-16-17(20-21)13-6-5-8-15(10-13)24-9-4-2-3-7-14(12-22)19-18(16)23;1-4(2,6)3-5/h9,11-12,14-15,19H,6-8,10,13H2,1-5H3,(H,23,27);6-7,9,11-12,14-15,19H,1-2,8,10,13H2,3-5H3,(H,23,27);7-9,12-13,17H,4-6,10-11H2,1-3H3,(H,21,25);5-7,10,12,16-17,24H,2-4,8-9H2,1H3,(H,21,25);5-6,8,10-12,14H,2-4,7,9H2,1H3,(H,19,23);6H,1-2H3/t2*19-;17-;16-,17?;14-;/m00000./s1. The second kappa shape index (κ2) is 58.3. The highest BCUT2D eigenvalue weighted by atomic mass is 16.7. The Bertz CT molecular complexity index is 6000. The Hall–Kier alpha value is -15.2. The minimum atomic E-state index is -1.24. The zero-order chi connectivity index (χ0) is 105. The lowest BCUT2D eigenvalue weighted by molar-refractivity contribution is -0.171. The molecule has 10 aromatic rings. The van der Waals surface area contributed by atoms with Crippen LogP contribution in [0.3, 0.4) is 0 Å². The van der Waals surface area contributed by atoms with Crippen LogP contribution in [-0.2, 0) is 68.9 Å². The van der Waals surface area contributed by atoms with Crippen molar-refractivity contribution in [1.29, 1.82) is 10.5 Å². The molecule has 39 nitrogen and oxygen atoms in total. The van der Waals surface area contributed by atoms with E-state index in [1.807, 2.05) is 134 Å². The summed E-state index contributed by atoms with van der Waals surface area (Å²) < 4.78 is 36.8. The predicted octanol–water partition coefficient (Wildman–Crippen LogP) is 12.7. The number of aryl methyl sites for hydroxylation is 5. The van der Waals surface area contributed by atoms with Crippen molar-refractivity contribution in [3.05, 3.63) is 205 Å². The molecule has 5 aromatic carbocycles. The highest BCUT2D eigenvalue weighted by molar-refractivity contribution is 6.05. The Labute approximate surface area is 840 Å². The third kappa shape index (κ3) is 35.2. The number of benzene rings is 5. The van der Waals surface area contributed by atoms with E-state index in [-0.39, 0.29) is 47.8 Å². The molecule has 144 heavy (non-hydrogen) atoms. The quantitative estimate of drug-likeness (QED) is 0.00870. The van der Waals surface area contributed by atoms with Gasteiger partial charge in [-0.25, -0.2) is 15.2 Å². The van der Waals surface area contributed by atoms with Crippen LogP contribution in [0.25, 0.3) is 56.3 Å². The Morgan fingerprint density at radius 3 is 1.32 bits per heavy atom. The van der Waals surface area contributed by atoms with Crippen LogP contribution in [0, 0.1) is 22.7 Å². The fraction of sp³-hybridized carbons (Fsp3) is 0.429. The molecule has 5 aromatic heterocycles. The van der Waals surface area contributed by atoms with E-state index in [1.165, 1.54) is 56.3 Å². The van der Waals surface area contributed by atoms with E-state index >= 15 is 0 Å². The van der Waals surface area contributed by atoms with Crippen LogP contribution < -0.4 is 50.3 Å². The van der Waals surface area contributed by atoms with Crippen molar-refractivity contribution in [3.8, 4) is 97.2 Å². The van der Waals surface area contributed by atoms with Gasteiger partial charge >= 0.3 is 0 Å². The molecule has 0 saturated carbocycles. The van der Waals surface area contributed by atoms with Gasteiger partial charge in [-0.1, -0.05) is 119 Å². The van der Waals surface area contributed by atoms with Crippen LogP contribution in [0.1, 0.15) is 195 Å². The van der Waals surface area contributed by atoms with E-state index in [9.17, 15) is 48.3 Å². The fourth-order valence-corrected chi connectivity index (χ4v) is 15.0. The van der Waals surface area contributed by atoms with Crippen LogP contribution in [-0.4, -0.2) is 245 Å². The van der Waals surface area contributed by atoms with E-state index in [2.05, 4.69) is 72.2 Å². The summed E-state index contributed by atoms with van der Waals surface area (Å²) in [5, 5.41) is 74.9. The Kier molecular flexibility index (Phi) is 46.2. The SMILES string of the molecule is C=CCCOc1cccc(-c2nn(C)cc2C(=O)N[C@@H](CC=C)C(=O)N(C)OC)c1.CC(C)(O)C#N.CCCCOc1cccc(-c2nn(C)cc2C(=O)N[C@@H](CCC)C(=O)N(C)OC)c1.CON(C)C(=O)[C@@H]1CCCCCOc2cccc(c2)-c2nn(C)cc2C(=O)N1.Cn1cc2c(n1)-c1cccc(c1)OCCCCC[C@@H](C(O)C#N)NC2=O.Cn1cc2c(n1)-c1cccc(c1)OCCCCC[C@@H](C=O)NC2=O. The number of carbonyl (C=O) groups is 9. The topological polar surface area (TPSA) is 474 Å². The normalized spacial score (nSPS) is 15.3. The van der Waals surface area contributed by atoms with Gasteiger partial charge in [0.1, 0.15) is 87.2 Å². The van der Waals surface area contributed by atoms with E-state index in [1.54, 1.807) is 108 Å². The van der Waals surface area contributed by atoms with Crippen LogP contribution in [0.4, 0.5) is 0 Å². The van der Waals surface area contributed by atoms with E-state index < -0.39 is 47.8 Å². The number of amides is 8. The molecule has 3 aliphatic rings. The second-order valence-electron chi connectivity index (χ2n) is 34.7. The van der Waals surface area contributed by atoms with Crippen LogP contribution in [0.2, 0.25) is 0 Å². The van der Waals surface area contributed by atoms with Gasteiger partial charge in [0.25, 0.3) is 47.3 Å². The van der Waals surface area contributed by atoms with Crippen LogP contribution in [0.5, 0.6) is 28.7 Å². The highest BCUT2D eigenvalue weighted by Gasteiger charge is 2.33. The lowest BCUT2D eigenvalue weighted by Crippen LogP contribution is -2.47. The summed E-state index contributed by atoms with van der Waals surface area (Å²) in [6.07, 6.45) is 25.0. The van der Waals surface area contributed by atoms with Gasteiger partial charge in [0.15, 0.2) is 6.10 Å². The van der Waals surface area contributed by atoms with E-state index in [0.29, 0.717) is 121 Å². The number of likely N-dealkylation sites (N-methyl/N-ethyl adjacent to an activating group) is 3. The zero-order valence-electron chi connectivity index (χ0n) is 84.9. The molecular weight excluding hydrogens is 1850 g/mol. The number of carbonyl (C=O) groups excluding carboxylic acids is 9. The van der Waals surface area contributed by atoms with Gasteiger partial charge in [0.05, 0.1) is 106 Å². The van der Waals surface area contributed by atoms with Gasteiger partial charge in [-0.3, -0.25) is 76.3 Å². The van der Waals surface area contributed by atoms with Crippen molar-refractivity contribution >= 4 is 53.5 Å². The molecule has 13 rings (SSSR count). The maximum absolute atomic E-state index is 13.0. The number of hydrogen-bond acceptors (Lipinski definition) is 26. The number of aromatic nitrogens is 10. The minimum Gasteiger partial charge on any atom is -0.494 e. The third-order valence-corrected chi connectivity index (χ3v) is 22.7. The average Bonchev–Trinajstić information content (AvgIpc) is 1.70. The number of nitrogens with zero attached hydrogens (tertiary/aromatic N) is 15. The molecule has 8 amide bonds. The maximum Gasteiger partial charge on any atom is 0.268 e. The molecule has 0 spiro atoms. The van der Waals surface area contributed by atoms with Gasteiger partial charge < -0.3 is 65.3 Å². The van der Waals surface area contributed by atoms with Crippen LogP contribution in [0.15, 0.2) is 178 Å². The molecule has 0 radical (unpaired) electrons. The molecular formula is C105H136N20O19. The molecule has 39 heteroatoms. The molecule has 3 aliphatic heterocycles. The number of ether oxygens (including phenoxy) is 5. The largest absolute Gasteiger partial charge is 0.494 e. The van der Waals surface area contributed by atoms with Crippen molar-refractivity contribution in [1.82, 2.24) is 90.7 Å². The monoisotopic (exact) mass is 1980 g/mol. The fourth-order valence-electron chi connectivity index (χ4n) is 15.0. The number of nitriles is 2. The summed E-state index contributed by atoms with van der Waals surface area (Å²) in [4.78, 5) is 128. The highest BCUT2D eigenvalue weighted by Crippen LogP contribution is 2.34. The van der Waals surface area contributed by atoms with Gasteiger partial charge in [-0.05, 0) is 158 Å². The first kappa shape index (κ1) is 114. The van der Waals surface area contributed by atoms with E-state index in [4.69, 9.17) is 53.8 Å². The second-order valence-corrected chi connectivity index (χ2v) is 34.7. The molecule has 6 atom stereocenters. The third-order valence-electron chi connectivity index (χ3n) is 22.7. The predicted molar refractivity (Wildman–Crippen MR) is 541 cm³/mol. The van der Waals surface area contributed by atoms with Crippen molar-refractivity contribution in [2.45, 2.75) is 185 Å². The molecule has 6 bridgehead atoms. The van der Waals surface area contributed by atoms with Crippen molar-refractivity contribution in [3.63, 3.8) is 0 Å². The van der Waals surface area contributed by atoms with E-state index in [0.717, 1.165) is 156 Å². The lowest BCUT2D eigenvalue weighted by atomic mass is 10.0. The Morgan fingerprint density at radius 1 is 0.521 bits per heavy atom. The number of aliphatic hydroxyl groups excluding tert-OH is 1. The number of hydrogen-bond donors (Lipinski definition) is 7. The van der Waals surface area contributed by atoms with Crippen molar-refractivity contribution < 1.29 is 91.6 Å². The summed E-state index contributed by atoms with van der Waals surface area (Å²) in [7, 11) is 17.5.